The van der Waals surface area contributed by atoms with E-state index in [4.69, 9.17) is 0 Å². The summed E-state index contributed by atoms with van der Waals surface area (Å²) in [5.41, 5.74) is 0.730. The molecule has 0 aliphatic heterocycles. The number of carbonyl (C=O) groups excluding carboxylic acids is 2. The molecule has 5 nitrogen and oxygen atoms in total. The third-order valence-electron chi connectivity index (χ3n) is 4.67. The van der Waals surface area contributed by atoms with Gasteiger partial charge >= 0.3 is 0 Å². The lowest BCUT2D eigenvalue weighted by atomic mass is 9.80. The molecule has 5 heteroatoms. The summed E-state index contributed by atoms with van der Waals surface area (Å²) in [5.74, 6) is -0.376. The summed E-state index contributed by atoms with van der Waals surface area (Å²) in [6, 6.07) is 6.86. The molecule has 24 heavy (non-hydrogen) atoms. The molecule has 1 atom stereocenters. The van der Waals surface area contributed by atoms with Crippen molar-refractivity contribution in [2.75, 3.05) is 5.32 Å². The highest BCUT2D eigenvalue weighted by Crippen LogP contribution is 2.30. The molecule has 0 radical (unpaired) electrons. The maximum Gasteiger partial charge on any atom is 0.247 e. The minimum atomic E-state index is -0.785. The first-order valence-electron chi connectivity index (χ1n) is 8.47. The zero-order chi connectivity index (χ0) is 17.6. The number of nitrogens with one attached hydrogen (secondary N) is 2. The summed E-state index contributed by atoms with van der Waals surface area (Å²) in [5, 5.41) is 16.2. The summed E-state index contributed by atoms with van der Waals surface area (Å²) in [6.07, 6.45) is 6.11. The van der Waals surface area contributed by atoms with E-state index in [-0.39, 0.29) is 24.3 Å². The van der Waals surface area contributed by atoms with Crippen LogP contribution in [0.4, 0.5) is 5.69 Å². The van der Waals surface area contributed by atoms with Crippen LogP contribution in [0.5, 0.6) is 0 Å². The number of hydrogen-bond acceptors (Lipinski definition) is 3. The van der Waals surface area contributed by atoms with E-state index in [1.807, 2.05) is 6.92 Å². The predicted octanol–water partition coefficient (Wildman–Crippen LogP) is 2.55. The average Bonchev–Trinajstić information content (AvgIpc) is 2.57. The van der Waals surface area contributed by atoms with Crippen molar-refractivity contribution in [1.82, 2.24) is 5.32 Å². The molecular formula is C19H26N2O3. The standard InChI is InChI=1S/C19H26N2O3/c1-3-17(22)21-16-9-7-15(8-10-16)13-18(23)20-14(2)19(24)11-5-4-6-12-19/h3,7-10,14,24H,1,4-6,11-13H2,2H3,(H,20,23)(H,21,22). The zero-order valence-electron chi connectivity index (χ0n) is 14.2. The van der Waals surface area contributed by atoms with Gasteiger partial charge in [0.05, 0.1) is 18.1 Å². The largest absolute Gasteiger partial charge is 0.388 e. The Balaban J connectivity index is 1.87. The number of hydrogen-bond donors (Lipinski definition) is 3. The fraction of sp³-hybridized carbons (Fsp3) is 0.474. The molecule has 0 spiro atoms. The number of benzene rings is 1. The van der Waals surface area contributed by atoms with Gasteiger partial charge in [-0.15, -0.1) is 0 Å². The second-order valence-electron chi connectivity index (χ2n) is 6.52. The van der Waals surface area contributed by atoms with Gasteiger partial charge in [-0.25, -0.2) is 0 Å². The molecule has 1 aromatic rings. The van der Waals surface area contributed by atoms with Crippen molar-refractivity contribution in [2.24, 2.45) is 0 Å². The van der Waals surface area contributed by atoms with Crippen molar-refractivity contribution >= 4 is 17.5 Å². The third kappa shape index (κ3) is 4.93. The Morgan fingerprint density at radius 3 is 2.46 bits per heavy atom. The van der Waals surface area contributed by atoms with Crippen molar-refractivity contribution in [1.29, 1.82) is 0 Å². The van der Waals surface area contributed by atoms with Crippen LogP contribution in [-0.2, 0) is 16.0 Å². The van der Waals surface area contributed by atoms with Crippen LogP contribution < -0.4 is 10.6 Å². The summed E-state index contributed by atoms with van der Waals surface area (Å²) >= 11 is 0. The van der Waals surface area contributed by atoms with E-state index in [0.29, 0.717) is 5.69 Å². The van der Waals surface area contributed by atoms with Crippen LogP contribution >= 0.6 is 0 Å². The Bertz CT molecular complexity index is 589. The van der Waals surface area contributed by atoms with Crippen molar-refractivity contribution < 1.29 is 14.7 Å². The first-order chi connectivity index (χ1) is 11.4. The quantitative estimate of drug-likeness (QED) is 0.702. The van der Waals surface area contributed by atoms with Crippen LogP contribution in [0.2, 0.25) is 0 Å². The number of amides is 2. The predicted molar refractivity (Wildman–Crippen MR) is 94.6 cm³/mol. The average molecular weight is 330 g/mol. The lowest BCUT2D eigenvalue weighted by Crippen LogP contribution is -2.52. The number of carbonyl (C=O) groups is 2. The maximum atomic E-state index is 12.2. The van der Waals surface area contributed by atoms with Gasteiger partial charge in [-0.05, 0) is 43.5 Å². The fourth-order valence-electron chi connectivity index (χ4n) is 3.11. The highest BCUT2D eigenvalue weighted by atomic mass is 16.3. The number of rotatable bonds is 6. The van der Waals surface area contributed by atoms with Crippen molar-refractivity contribution in [2.45, 2.75) is 57.1 Å². The van der Waals surface area contributed by atoms with Gasteiger partial charge in [0.25, 0.3) is 0 Å². The summed E-state index contributed by atoms with van der Waals surface area (Å²) in [7, 11) is 0. The Morgan fingerprint density at radius 2 is 1.88 bits per heavy atom. The Hall–Kier alpha value is -2.14. The fourth-order valence-corrected chi connectivity index (χ4v) is 3.11. The molecule has 1 aromatic carbocycles. The minimum Gasteiger partial charge on any atom is -0.388 e. The van der Waals surface area contributed by atoms with Gasteiger partial charge in [0.2, 0.25) is 11.8 Å². The van der Waals surface area contributed by atoms with E-state index in [1.165, 1.54) is 6.08 Å². The summed E-state index contributed by atoms with van der Waals surface area (Å²) in [6.45, 7) is 5.27. The third-order valence-corrected chi connectivity index (χ3v) is 4.67. The van der Waals surface area contributed by atoms with Crippen molar-refractivity contribution in [3.63, 3.8) is 0 Å². The molecule has 0 bridgehead atoms. The van der Waals surface area contributed by atoms with Gasteiger partial charge in [-0.2, -0.15) is 0 Å². The molecule has 2 amide bonds. The molecule has 1 aliphatic rings. The molecule has 1 saturated carbocycles. The highest BCUT2D eigenvalue weighted by Gasteiger charge is 2.35. The van der Waals surface area contributed by atoms with Gasteiger partial charge in [0, 0.05) is 5.69 Å². The second kappa shape index (κ2) is 8.11. The molecule has 2 rings (SSSR count). The first kappa shape index (κ1) is 18.2. The van der Waals surface area contributed by atoms with Gasteiger partial charge in [-0.1, -0.05) is 38.0 Å². The van der Waals surface area contributed by atoms with E-state index < -0.39 is 5.60 Å². The van der Waals surface area contributed by atoms with Gasteiger partial charge in [0.1, 0.15) is 0 Å². The van der Waals surface area contributed by atoms with Crippen molar-refractivity contribution in [3.8, 4) is 0 Å². The zero-order valence-corrected chi connectivity index (χ0v) is 14.2. The maximum absolute atomic E-state index is 12.2. The Labute approximate surface area is 143 Å². The molecule has 0 saturated heterocycles. The monoisotopic (exact) mass is 330 g/mol. The summed E-state index contributed by atoms with van der Waals surface area (Å²) < 4.78 is 0. The highest BCUT2D eigenvalue weighted by molar-refractivity contribution is 5.98. The molecule has 3 N–H and O–H groups in total. The molecule has 1 fully saturated rings. The normalized spacial score (nSPS) is 17.6. The van der Waals surface area contributed by atoms with Gasteiger partial charge < -0.3 is 15.7 Å². The van der Waals surface area contributed by atoms with E-state index in [1.54, 1.807) is 24.3 Å². The second-order valence-corrected chi connectivity index (χ2v) is 6.52. The van der Waals surface area contributed by atoms with E-state index >= 15 is 0 Å². The van der Waals surface area contributed by atoms with E-state index in [0.717, 1.165) is 37.7 Å². The summed E-state index contributed by atoms with van der Waals surface area (Å²) in [4.78, 5) is 23.4. The molecule has 1 unspecified atom stereocenters. The molecule has 0 heterocycles. The molecule has 1 aliphatic carbocycles. The number of anilines is 1. The van der Waals surface area contributed by atoms with Crippen LogP contribution in [0.1, 0.15) is 44.6 Å². The van der Waals surface area contributed by atoms with E-state index in [2.05, 4.69) is 17.2 Å². The SMILES string of the molecule is C=CC(=O)Nc1ccc(CC(=O)NC(C)C2(O)CCCCC2)cc1. The van der Waals surface area contributed by atoms with Crippen LogP contribution in [0, 0.1) is 0 Å². The van der Waals surface area contributed by atoms with E-state index in [9.17, 15) is 14.7 Å². The van der Waals surface area contributed by atoms with Gasteiger partial charge in [0.15, 0.2) is 0 Å². The Kier molecular flexibility index (Phi) is 6.15. The Morgan fingerprint density at radius 1 is 1.25 bits per heavy atom. The lowest BCUT2D eigenvalue weighted by molar-refractivity contribution is -0.124. The van der Waals surface area contributed by atoms with Gasteiger partial charge in [-0.3, -0.25) is 9.59 Å². The molecule has 0 aromatic heterocycles. The van der Waals surface area contributed by atoms with Crippen LogP contribution in [0.15, 0.2) is 36.9 Å². The van der Waals surface area contributed by atoms with Crippen LogP contribution in [0.3, 0.4) is 0 Å². The molecular weight excluding hydrogens is 304 g/mol. The topological polar surface area (TPSA) is 78.4 Å². The minimum absolute atomic E-state index is 0.107. The van der Waals surface area contributed by atoms with Crippen molar-refractivity contribution in [3.05, 3.63) is 42.5 Å². The number of aliphatic hydroxyl groups is 1. The van der Waals surface area contributed by atoms with Crippen LogP contribution in [-0.4, -0.2) is 28.6 Å². The first-order valence-corrected chi connectivity index (χ1v) is 8.47. The van der Waals surface area contributed by atoms with Crippen LogP contribution in [0.25, 0.3) is 0 Å². The molecule has 130 valence electrons. The lowest BCUT2D eigenvalue weighted by Gasteiger charge is -2.37. The smallest absolute Gasteiger partial charge is 0.247 e.